The second-order valence-corrected chi connectivity index (χ2v) is 11.5. The minimum atomic E-state index is 0.850. The molecule has 44 heavy (non-hydrogen) atoms. The van der Waals surface area contributed by atoms with Crippen molar-refractivity contribution in [2.45, 2.75) is 25.9 Å². The summed E-state index contributed by atoms with van der Waals surface area (Å²) in [5.74, 6) is 0. The van der Waals surface area contributed by atoms with E-state index in [1.165, 1.54) is 44.5 Å². The summed E-state index contributed by atoms with van der Waals surface area (Å²) in [5.41, 5.74) is 10.1. The van der Waals surface area contributed by atoms with E-state index in [9.17, 15) is 0 Å². The third kappa shape index (κ3) is 7.11. The molecule has 0 saturated carbocycles. The van der Waals surface area contributed by atoms with Gasteiger partial charge in [-0.05, 0) is 46.2 Å². The minimum Gasteiger partial charge on any atom is -0.201 e. The molecule has 0 N–H and O–H groups in total. The van der Waals surface area contributed by atoms with Gasteiger partial charge >= 0.3 is 0 Å². The third-order valence-corrected chi connectivity index (χ3v) is 8.15. The van der Waals surface area contributed by atoms with Crippen LogP contribution in [0.3, 0.4) is 0 Å². The molecule has 4 nitrogen and oxygen atoms in total. The first kappa shape index (κ1) is 27.4. The Morgan fingerprint density at radius 1 is 0.318 bits per heavy atom. The Kier molecular flexibility index (Phi) is 7.96. The zero-order chi connectivity index (χ0) is 29.6. The molecule has 2 aromatic carbocycles. The molecule has 14 heterocycles. The van der Waals surface area contributed by atoms with E-state index in [1.807, 2.05) is 0 Å². The van der Waals surface area contributed by atoms with Crippen LogP contribution >= 0.6 is 0 Å². The van der Waals surface area contributed by atoms with Crippen LogP contribution in [0.25, 0.3) is 24.6 Å². The SMILES string of the molecule is C1=C/[n+]2ccc(cc2)Cc2cc[n+](cc2)Cc2ccc(cc2)/C=C/[n+]2ccc(cc2)Cc2cc[n+](cc2)Cc2ccc/1cc2. The molecule has 0 spiro atoms. The summed E-state index contributed by atoms with van der Waals surface area (Å²) < 4.78 is 8.67. The van der Waals surface area contributed by atoms with Gasteiger partial charge in [-0.25, -0.2) is 9.13 Å². The number of aromatic nitrogens is 4. The van der Waals surface area contributed by atoms with Gasteiger partial charge in [0.25, 0.3) is 0 Å². The zero-order valence-corrected chi connectivity index (χ0v) is 24.8. The summed E-state index contributed by atoms with van der Waals surface area (Å²) in [4.78, 5) is 0. The fourth-order valence-corrected chi connectivity index (χ4v) is 5.50. The van der Waals surface area contributed by atoms with E-state index in [4.69, 9.17) is 0 Å². The summed E-state index contributed by atoms with van der Waals surface area (Å²) in [5, 5.41) is 0. The molecular formula is C40H36N4+4. The van der Waals surface area contributed by atoms with Crippen molar-refractivity contribution in [1.82, 2.24) is 0 Å². The molecule has 0 aliphatic carbocycles. The van der Waals surface area contributed by atoms with Crippen LogP contribution in [0.15, 0.2) is 147 Å². The maximum atomic E-state index is 2.23. The van der Waals surface area contributed by atoms with Crippen molar-refractivity contribution in [2.24, 2.45) is 0 Å². The Labute approximate surface area is 259 Å². The summed E-state index contributed by atoms with van der Waals surface area (Å²) in [6.45, 7) is 1.70. The monoisotopic (exact) mass is 572 g/mol. The van der Waals surface area contributed by atoms with Gasteiger partial charge in [-0.15, -0.1) is 0 Å². The lowest BCUT2D eigenvalue weighted by molar-refractivity contribution is -0.688. The molecule has 0 unspecified atom stereocenters. The van der Waals surface area contributed by atoms with Gasteiger partial charge in [-0.3, -0.25) is 0 Å². The second-order valence-electron chi connectivity index (χ2n) is 11.5. The molecule has 4 aromatic heterocycles. The van der Waals surface area contributed by atoms with Crippen LogP contribution in [0.1, 0.15) is 44.5 Å². The van der Waals surface area contributed by atoms with Gasteiger partial charge in [-0.1, -0.05) is 48.5 Å². The van der Waals surface area contributed by atoms with E-state index in [1.54, 1.807) is 0 Å². The molecule has 0 saturated heterocycles. The van der Waals surface area contributed by atoms with Gasteiger partial charge in [0.05, 0.1) is 0 Å². The van der Waals surface area contributed by atoms with E-state index in [0.29, 0.717) is 0 Å². The number of benzene rings is 2. The van der Waals surface area contributed by atoms with E-state index in [0.717, 1.165) is 25.9 Å². The standard InChI is InChI=1S/C40H36N4/c1-5-39-6-2-33(1)9-19-41-21-11-35(12-22-41)29-38-17-27-44(28-18-38)32-40-7-3-34(4-8-40)10-20-42-23-13-36(14-24-42)30-37-15-25-43(31-39)26-16-37/h1-28H,29-32H2/q+4/b19-9+,20-10+. The van der Waals surface area contributed by atoms with Gasteiger partial charge in [0.2, 0.25) is 0 Å². The summed E-state index contributed by atoms with van der Waals surface area (Å²) in [6.07, 6.45) is 27.5. The Bertz CT molecular complexity index is 1600. The molecule has 0 radical (unpaired) electrons. The fourth-order valence-electron chi connectivity index (χ4n) is 5.50. The number of hydrogen-bond donors (Lipinski definition) is 0. The minimum absolute atomic E-state index is 0.850. The lowest BCUT2D eigenvalue weighted by atomic mass is 10.1. The number of nitrogens with zero attached hydrogens (tertiary/aromatic N) is 4. The molecular weight excluding hydrogens is 536 g/mol. The van der Waals surface area contributed by atoms with Crippen LogP contribution in [0, 0.1) is 0 Å². The van der Waals surface area contributed by atoms with Gasteiger partial charge in [0.15, 0.2) is 75.1 Å². The van der Waals surface area contributed by atoms with Gasteiger partial charge < -0.3 is 0 Å². The molecule has 0 atom stereocenters. The largest absolute Gasteiger partial charge is 0.201 e. The Morgan fingerprint density at radius 3 is 0.977 bits per heavy atom. The highest BCUT2D eigenvalue weighted by atomic mass is 14.9. The van der Waals surface area contributed by atoms with Gasteiger partial charge in [0, 0.05) is 71.8 Å². The van der Waals surface area contributed by atoms with Crippen molar-refractivity contribution in [3.63, 3.8) is 0 Å². The molecule has 0 fully saturated rings. The number of pyridine rings is 4. The lowest BCUT2D eigenvalue weighted by Gasteiger charge is -2.03. The summed E-state index contributed by atoms with van der Waals surface area (Å²) in [6, 6.07) is 35.3. The van der Waals surface area contributed by atoms with Crippen LogP contribution in [0.2, 0.25) is 0 Å². The molecule has 212 valence electrons. The van der Waals surface area contributed by atoms with Gasteiger partial charge in [0.1, 0.15) is 0 Å². The van der Waals surface area contributed by atoms with Crippen LogP contribution in [0.4, 0.5) is 0 Å². The smallest absolute Gasteiger partial charge is 0.175 e. The highest BCUT2D eigenvalue weighted by Crippen LogP contribution is 2.11. The normalized spacial score (nSPS) is 14.4. The van der Waals surface area contributed by atoms with E-state index >= 15 is 0 Å². The number of rotatable bonds is 0. The second kappa shape index (κ2) is 12.8. The lowest BCUT2D eigenvalue weighted by Crippen LogP contribution is -2.33. The summed E-state index contributed by atoms with van der Waals surface area (Å²) in [7, 11) is 0. The van der Waals surface area contributed by atoms with Crippen LogP contribution in [-0.2, 0) is 25.9 Å². The Hall–Kier alpha value is -5.48. The number of hydrogen-bond acceptors (Lipinski definition) is 0. The third-order valence-electron chi connectivity index (χ3n) is 8.15. The fraction of sp³-hybridized carbons (Fsp3) is 0.100. The Morgan fingerprint density at radius 2 is 0.636 bits per heavy atom. The Balaban J connectivity index is 1.13. The molecule has 4 heteroatoms. The van der Waals surface area contributed by atoms with Crippen molar-refractivity contribution < 1.29 is 18.3 Å². The predicted molar refractivity (Wildman–Crippen MR) is 174 cm³/mol. The van der Waals surface area contributed by atoms with E-state index in [-0.39, 0.29) is 0 Å². The zero-order valence-electron chi connectivity index (χ0n) is 24.8. The maximum Gasteiger partial charge on any atom is 0.175 e. The van der Waals surface area contributed by atoms with Crippen molar-refractivity contribution in [3.05, 3.63) is 191 Å². The van der Waals surface area contributed by atoms with Crippen molar-refractivity contribution in [3.8, 4) is 0 Å². The van der Waals surface area contributed by atoms with Gasteiger partial charge in [-0.2, -0.15) is 9.13 Å². The first-order valence-corrected chi connectivity index (χ1v) is 15.2. The van der Waals surface area contributed by atoms with E-state index < -0.39 is 0 Å². The molecule has 0 amide bonds. The quantitative estimate of drug-likeness (QED) is 0.208. The van der Waals surface area contributed by atoms with Crippen LogP contribution < -0.4 is 18.3 Å². The first-order valence-electron chi connectivity index (χ1n) is 15.2. The molecule has 6 aromatic rings. The van der Waals surface area contributed by atoms with E-state index in [2.05, 4.69) is 189 Å². The maximum absolute atomic E-state index is 2.23. The van der Waals surface area contributed by atoms with Crippen molar-refractivity contribution >= 4 is 24.6 Å². The average Bonchev–Trinajstić information content (AvgIpc) is 3.07. The molecule has 10 aliphatic heterocycles. The topological polar surface area (TPSA) is 15.5 Å². The molecule has 12 bridgehead atoms. The predicted octanol–water partition coefficient (Wildman–Crippen LogP) is 5.68. The van der Waals surface area contributed by atoms with Crippen LogP contribution in [0.5, 0.6) is 0 Å². The molecule has 16 rings (SSSR count). The first-order chi connectivity index (χ1) is 21.7. The summed E-state index contributed by atoms with van der Waals surface area (Å²) >= 11 is 0. The van der Waals surface area contributed by atoms with Crippen molar-refractivity contribution in [1.29, 1.82) is 0 Å². The van der Waals surface area contributed by atoms with Crippen LogP contribution in [-0.4, -0.2) is 0 Å². The van der Waals surface area contributed by atoms with Crippen molar-refractivity contribution in [2.75, 3.05) is 0 Å². The molecule has 10 aliphatic rings. The highest BCUT2D eigenvalue weighted by molar-refractivity contribution is 5.57. The highest BCUT2D eigenvalue weighted by Gasteiger charge is 2.08. The average molecular weight is 573 g/mol.